The molecule has 0 amide bonds. The first-order valence-electron chi connectivity index (χ1n) is 10.1. The van der Waals surface area contributed by atoms with Crippen LogP contribution in [0.5, 0.6) is 0 Å². The molecule has 3 heterocycles. The number of hydrogen-bond acceptors (Lipinski definition) is 0. The SMILES string of the molecule is Cc1ccc(C)c(-c2cccc[n+]2Cc2c[n+]3ccccc3c3ccccc23)c1. The molecule has 3 aromatic heterocycles. The van der Waals surface area contributed by atoms with Crippen LogP contribution in [0, 0.1) is 13.8 Å². The molecule has 140 valence electrons. The Morgan fingerprint density at radius 3 is 2.38 bits per heavy atom. The lowest BCUT2D eigenvalue weighted by Gasteiger charge is -2.09. The average molecular weight is 377 g/mol. The standard InChI is InChI=1S/C27H24N2/c1-20-13-14-21(2)25(17-20)27-12-6-8-16-29(27)19-22-18-28-15-7-5-11-26(28)24-10-4-3-9-23(22)24/h3-18H,19H2,1-2H3/q+2. The van der Waals surface area contributed by atoms with Crippen molar-refractivity contribution in [2.24, 2.45) is 0 Å². The lowest BCUT2D eigenvalue weighted by Crippen LogP contribution is -2.37. The summed E-state index contributed by atoms with van der Waals surface area (Å²) in [5, 5.41) is 2.59. The molecule has 5 aromatic rings. The largest absolute Gasteiger partial charge is 0.218 e. The molecule has 2 aromatic carbocycles. The monoisotopic (exact) mass is 376 g/mol. The molecule has 2 heteroatoms. The quantitative estimate of drug-likeness (QED) is 0.302. The summed E-state index contributed by atoms with van der Waals surface area (Å²) in [6.45, 7) is 5.17. The first-order valence-corrected chi connectivity index (χ1v) is 10.1. The van der Waals surface area contributed by atoms with Crippen LogP contribution in [-0.2, 0) is 6.54 Å². The number of hydrogen-bond donors (Lipinski definition) is 0. The van der Waals surface area contributed by atoms with Crippen LogP contribution in [0.4, 0.5) is 0 Å². The average Bonchev–Trinajstić information content (AvgIpc) is 2.76. The van der Waals surface area contributed by atoms with E-state index in [0.717, 1.165) is 6.54 Å². The van der Waals surface area contributed by atoms with Crippen molar-refractivity contribution in [1.29, 1.82) is 0 Å². The molecule has 0 saturated carbocycles. The van der Waals surface area contributed by atoms with Crippen molar-refractivity contribution < 1.29 is 8.97 Å². The van der Waals surface area contributed by atoms with Gasteiger partial charge in [0.1, 0.15) is 0 Å². The van der Waals surface area contributed by atoms with Crippen LogP contribution in [0.1, 0.15) is 16.7 Å². The zero-order chi connectivity index (χ0) is 19.8. The zero-order valence-corrected chi connectivity index (χ0v) is 16.8. The van der Waals surface area contributed by atoms with Gasteiger partial charge in [-0.25, -0.2) is 0 Å². The van der Waals surface area contributed by atoms with Gasteiger partial charge in [0, 0.05) is 35.2 Å². The fourth-order valence-corrected chi connectivity index (χ4v) is 4.20. The molecule has 0 radical (unpaired) electrons. The van der Waals surface area contributed by atoms with Gasteiger partial charge in [-0.05, 0) is 43.7 Å². The molecule has 0 saturated heterocycles. The number of fused-ring (bicyclic) bond motifs is 3. The highest BCUT2D eigenvalue weighted by atomic mass is 15.0. The molecule has 0 aliphatic heterocycles. The van der Waals surface area contributed by atoms with Crippen molar-refractivity contribution in [3.8, 4) is 11.3 Å². The number of benzene rings is 2. The smallest absolute Gasteiger partial charge is 0.194 e. The fraction of sp³-hybridized carbons (Fsp3) is 0.111. The Bertz CT molecular complexity index is 1350. The van der Waals surface area contributed by atoms with Crippen LogP contribution in [0.15, 0.2) is 97.5 Å². The predicted octanol–water partition coefficient (Wildman–Crippen LogP) is 5.20. The van der Waals surface area contributed by atoms with E-state index in [0.29, 0.717) is 0 Å². The van der Waals surface area contributed by atoms with E-state index in [1.54, 1.807) is 0 Å². The molecule has 0 bridgehead atoms. The maximum atomic E-state index is 2.36. The minimum absolute atomic E-state index is 0.821. The third-order valence-corrected chi connectivity index (χ3v) is 5.68. The van der Waals surface area contributed by atoms with Gasteiger partial charge in [-0.1, -0.05) is 35.9 Å². The Hall–Kier alpha value is -3.52. The Kier molecular flexibility index (Phi) is 4.33. The maximum Gasteiger partial charge on any atom is 0.218 e. The molecule has 2 nitrogen and oxygen atoms in total. The molecule has 0 spiro atoms. The summed E-state index contributed by atoms with van der Waals surface area (Å²) in [4.78, 5) is 0. The third kappa shape index (κ3) is 3.17. The molecule has 0 fully saturated rings. The second-order valence-electron chi connectivity index (χ2n) is 7.73. The van der Waals surface area contributed by atoms with Gasteiger partial charge in [-0.3, -0.25) is 0 Å². The van der Waals surface area contributed by atoms with Crippen LogP contribution in [0.3, 0.4) is 0 Å². The molecule has 0 atom stereocenters. The number of aromatic nitrogens is 2. The van der Waals surface area contributed by atoms with Crippen molar-refractivity contribution >= 4 is 16.3 Å². The lowest BCUT2D eigenvalue weighted by molar-refractivity contribution is -0.678. The molecular formula is C27H24N2+2. The van der Waals surface area contributed by atoms with E-state index in [1.165, 1.54) is 44.2 Å². The first-order chi connectivity index (χ1) is 14.2. The Labute approximate surface area is 171 Å². The fourth-order valence-electron chi connectivity index (χ4n) is 4.20. The highest BCUT2D eigenvalue weighted by Crippen LogP contribution is 2.24. The highest BCUT2D eigenvalue weighted by molar-refractivity contribution is 5.95. The molecule has 5 rings (SSSR count). The molecule has 29 heavy (non-hydrogen) atoms. The van der Waals surface area contributed by atoms with Gasteiger partial charge in [0.2, 0.25) is 11.2 Å². The molecule has 0 N–H and O–H groups in total. The van der Waals surface area contributed by atoms with Gasteiger partial charge in [-0.2, -0.15) is 8.97 Å². The van der Waals surface area contributed by atoms with Crippen LogP contribution >= 0.6 is 0 Å². The van der Waals surface area contributed by atoms with Crippen LogP contribution in [0.25, 0.3) is 27.5 Å². The summed E-state index contributed by atoms with van der Waals surface area (Å²) in [5.74, 6) is 0. The second kappa shape index (κ2) is 7.14. The van der Waals surface area contributed by atoms with Gasteiger partial charge < -0.3 is 0 Å². The normalized spacial score (nSPS) is 11.2. The minimum Gasteiger partial charge on any atom is -0.194 e. The first kappa shape index (κ1) is 17.6. The summed E-state index contributed by atoms with van der Waals surface area (Å²) in [6.07, 6.45) is 6.59. The molecule has 0 aliphatic carbocycles. The molecule has 0 unspecified atom stereocenters. The van der Waals surface area contributed by atoms with E-state index in [-0.39, 0.29) is 0 Å². The van der Waals surface area contributed by atoms with Crippen molar-refractivity contribution in [2.75, 3.05) is 0 Å². The second-order valence-corrected chi connectivity index (χ2v) is 7.73. The van der Waals surface area contributed by atoms with Gasteiger partial charge >= 0.3 is 0 Å². The van der Waals surface area contributed by atoms with E-state index < -0.39 is 0 Å². The van der Waals surface area contributed by atoms with E-state index in [4.69, 9.17) is 0 Å². The Balaban J connectivity index is 1.70. The van der Waals surface area contributed by atoms with Crippen LogP contribution in [-0.4, -0.2) is 0 Å². The highest BCUT2D eigenvalue weighted by Gasteiger charge is 2.19. The van der Waals surface area contributed by atoms with Crippen molar-refractivity contribution in [3.63, 3.8) is 0 Å². The number of nitrogens with zero attached hydrogens (tertiary/aromatic N) is 2. The van der Waals surface area contributed by atoms with Crippen molar-refractivity contribution in [1.82, 2.24) is 0 Å². The maximum absolute atomic E-state index is 2.36. The Morgan fingerprint density at radius 2 is 1.48 bits per heavy atom. The van der Waals surface area contributed by atoms with Gasteiger partial charge in [0.05, 0.1) is 10.9 Å². The lowest BCUT2D eigenvalue weighted by atomic mass is 10.0. The van der Waals surface area contributed by atoms with Crippen molar-refractivity contribution in [3.05, 3.63) is 114 Å². The number of rotatable bonds is 3. The van der Waals surface area contributed by atoms with Gasteiger partial charge in [0.15, 0.2) is 25.1 Å². The number of pyridine rings is 3. The number of aryl methyl sites for hydroxylation is 2. The Morgan fingerprint density at radius 1 is 0.724 bits per heavy atom. The summed E-state index contributed by atoms with van der Waals surface area (Å²) < 4.78 is 4.59. The predicted molar refractivity (Wildman–Crippen MR) is 118 cm³/mol. The third-order valence-electron chi connectivity index (χ3n) is 5.68. The summed E-state index contributed by atoms with van der Waals surface area (Å²) in [7, 11) is 0. The van der Waals surface area contributed by atoms with Crippen LogP contribution in [0.2, 0.25) is 0 Å². The molecular weight excluding hydrogens is 352 g/mol. The summed E-state index contributed by atoms with van der Waals surface area (Å²) in [6, 6.07) is 28.2. The van der Waals surface area contributed by atoms with E-state index in [1.807, 2.05) is 0 Å². The van der Waals surface area contributed by atoms with E-state index >= 15 is 0 Å². The van der Waals surface area contributed by atoms with E-state index in [2.05, 4.69) is 120 Å². The minimum atomic E-state index is 0.821. The van der Waals surface area contributed by atoms with Crippen molar-refractivity contribution in [2.45, 2.75) is 20.4 Å². The zero-order valence-electron chi connectivity index (χ0n) is 16.8. The summed E-state index contributed by atoms with van der Waals surface area (Å²) >= 11 is 0. The summed E-state index contributed by atoms with van der Waals surface area (Å²) in [5.41, 5.74) is 7.67. The van der Waals surface area contributed by atoms with Gasteiger partial charge in [0.25, 0.3) is 0 Å². The topological polar surface area (TPSA) is 7.98 Å². The van der Waals surface area contributed by atoms with E-state index in [9.17, 15) is 0 Å². The van der Waals surface area contributed by atoms with Gasteiger partial charge in [-0.15, -0.1) is 0 Å². The van der Waals surface area contributed by atoms with Crippen LogP contribution < -0.4 is 8.97 Å². The molecule has 0 aliphatic rings.